The number of anilines is 1. The van der Waals surface area contributed by atoms with Crippen molar-refractivity contribution in [1.29, 1.82) is 0 Å². The van der Waals surface area contributed by atoms with E-state index in [0.29, 0.717) is 6.42 Å². The van der Waals surface area contributed by atoms with E-state index < -0.39 is 0 Å². The highest BCUT2D eigenvalue weighted by Crippen LogP contribution is 2.35. The average Bonchev–Trinajstić information content (AvgIpc) is 2.89. The van der Waals surface area contributed by atoms with Gasteiger partial charge >= 0.3 is 0 Å². The SMILES string of the molecule is CCc1c(F)ccc(NC)c1SCc1cccs1. The zero-order valence-electron chi connectivity index (χ0n) is 10.5. The first-order chi connectivity index (χ1) is 8.76. The Morgan fingerprint density at radius 2 is 2.17 bits per heavy atom. The van der Waals surface area contributed by atoms with Crippen LogP contribution in [-0.2, 0) is 12.2 Å². The molecule has 0 bridgehead atoms. The molecule has 0 spiro atoms. The predicted molar refractivity (Wildman–Crippen MR) is 79.2 cm³/mol. The Hall–Kier alpha value is -1.00. The summed E-state index contributed by atoms with van der Waals surface area (Å²) in [6, 6.07) is 7.51. The third-order valence-corrected chi connectivity index (χ3v) is 5.03. The van der Waals surface area contributed by atoms with Crippen LogP contribution in [0.4, 0.5) is 10.1 Å². The van der Waals surface area contributed by atoms with Crippen molar-refractivity contribution in [3.05, 3.63) is 45.9 Å². The van der Waals surface area contributed by atoms with Gasteiger partial charge in [0.2, 0.25) is 0 Å². The highest BCUT2D eigenvalue weighted by molar-refractivity contribution is 7.98. The third kappa shape index (κ3) is 2.87. The summed E-state index contributed by atoms with van der Waals surface area (Å²) in [5, 5.41) is 5.21. The summed E-state index contributed by atoms with van der Waals surface area (Å²) >= 11 is 3.44. The molecule has 4 heteroatoms. The molecule has 0 amide bonds. The predicted octanol–water partition coefficient (Wildman–Crippen LogP) is 4.78. The molecule has 1 aromatic heterocycles. The zero-order valence-corrected chi connectivity index (χ0v) is 12.1. The van der Waals surface area contributed by atoms with Gasteiger partial charge in [-0.3, -0.25) is 0 Å². The van der Waals surface area contributed by atoms with Gasteiger partial charge in [-0.15, -0.1) is 23.1 Å². The number of nitrogens with one attached hydrogen (secondary N) is 1. The van der Waals surface area contributed by atoms with E-state index in [0.717, 1.165) is 21.9 Å². The van der Waals surface area contributed by atoms with Crippen LogP contribution in [0.25, 0.3) is 0 Å². The molecule has 0 fully saturated rings. The average molecular weight is 281 g/mol. The van der Waals surface area contributed by atoms with Gasteiger partial charge in [-0.1, -0.05) is 13.0 Å². The molecule has 1 heterocycles. The molecule has 1 N–H and O–H groups in total. The molecular weight excluding hydrogens is 265 g/mol. The first-order valence-corrected chi connectivity index (χ1v) is 7.77. The van der Waals surface area contributed by atoms with E-state index in [4.69, 9.17) is 0 Å². The number of hydrogen-bond acceptors (Lipinski definition) is 3. The largest absolute Gasteiger partial charge is 0.387 e. The van der Waals surface area contributed by atoms with E-state index in [1.807, 2.05) is 26.1 Å². The van der Waals surface area contributed by atoms with E-state index in [2.05, 4.69) is 16.8 Å². The minimum Gasteiger partial charge on any atom is -0.387 e. The molecule has 0 aliphatic heterocycles. The smallest absolute Gasteiger partial charge is 0.127 e. The lowest BCUT2D eigenvalue weighted by atomic mass is 10.1. The molecule has 0 aliphatic carbocycles. The topological polar surface area (TPSA) is 12.0 Å². The van der Waals surface area contributed by atoms with Crippen molar-refractivity contribution in [1.82, 2.24) is 0 Å². The molecule has 0 atom stereocenters. The van der Waals surface area contributed by atoms with Crippen LogP contribution in [0.2, 0.25) is 0 Å². The van der Waals surface area contributed by atoms with Gasteiger partial charge in [-0.2, -0.15) is 0 Å². The molecular formula is C14H16FNS2. The van der Waals surface area contributed by atoms with E-state index in [1.165, 1.54) is 4.88 Å². The standard InChI is InChI=1S/C14H16FNS2/c1-3-11-12(15)6-7-13(16-2)14(11)18-9-10-5-4-8-17-10/h4-8,16H,3,9H2,1-2H3. The number of thioether (sulfide) groups is 1. The molecule has 1 aromatic carbocycles. The van der Waals surface area contributed by atoms with Crippen LogP contribution in [0.15, 0.2) is 34.5 Å². The van der Waals surface area contributed by atoms with Crippen LogP contribution in [-0.4, -0.2) is 7.05 Å². The fraction of sp³-hybridized carbons (Fsp3) is 0.286. The highest BCUT2D eigenvalue weighted by atomic mass is 32.2. The summed E-state index contributed by atoms with van der Waals surface area (Å²) in [5.41, 5.74) is 1.82. The van der Waals surface area contributed by atoms with Crippen LogP contribution in [0.5, 0.6) is 0 Å². The van der Waals surface area contributed by atoms with Gasteiger partial charge in [0.15, 0.2) is 0 Å². The van der Waals surface area contributed by atoms with Crippen molar-refractivity contribution in [2.75, 3.05) is 12.4 Å². The van der Waals surface area contributed by atoms with Gasteiger partial charge in [-0.25, -0.2) is 4.39 Å². The third-order valence-electron chi connectivity index (χ3n) is 2.77. The molecule has 2 rings (SSSR count). The van der Waals surface area contributed by atoms with Crippen molar-refractivity contribution in [2.45, 2.75) is 24.0 Å². The summed E-state index contributed by atoms with van der Waals surface area (Å²) in [7, 11) is 1.88. The lowest BCUT2D eigenvalue weighted by Gasteiger charge is -2.13. The second-order valence-corrected chi connectivity index (χ2v) is 5.89. The highest BCUT2D eigenvalue weighted by Gasteiger charge is 2.12. The lowest BCUT2D eigenvalue weighted by molar-refractivity contribution is 0.607. The maximum atomic E-state index is 13.8. The maximum absolute atomic E-state index is 13.8. The first-order valence-electron chi connectivity index (χ1n) is 5.90. The van der Waals surface area contributed by atoms with Crippen molar-refractivity contribution >= 4 is 28.8 Å². The second kappa shape index (κ2) is 6.25. The number of hydrogen-bond donors (Lipinski definition) is 1. The molecule has 18 heavy (non-hydrogen) atoms. The molecule has 0 saturated carbocycles. The van der Waals surface area contributed by atoms with Crippen LogP contribution in [0, 0.1) is 5.82 Å². The second-order valence-electron chi connectivity index (χ2n) is 3.87. The molecule has 1 nitrogen and oxygen atoms in total. The Morgan fingerprint density at radius 3 is 2.78 bits per heavy atom. The first kappa shape index (κ1) is 13.4. The van der Waals surface area contributed by atoms with E-state index in [-0.39, 0.29) is 5.82 Å². The summed E-state index contributed by atoms with van der Waals surface area (Å²) in [5.74, 6) is 0.785. The van der Waals surface area contributed by atoms with Crippen LogP contribution in [0.3, 0.4) is 0 Å². The van der Waals surface area contributed by atoms with Crippen LogP contribution < -0.4 is 5.32 Å². The van der Waals surface area contributed by atoms with E-state index in [1.54, 1.807) is 29.2 Å². The summed E-state index contributed by atoms with van der Waals surface area (Å²) in [6.07, 6.45) is 0.716. The minimum absolute atomic E-state index is 0.106. The fourth-order valence-electron chi connectivity index (χ4n) is 1.83. The minimum atomic E-state index is -0.106. The molecule has 2 aromatic rings. The summed E-state index contributed by atoms with van der Waals surface area (Å²) in [4.78, 5) is 2.35. The fourth-order valence-corrected chi connectivity index (χ4v) is 3.90. The van der Waals surface area contributed by atoms with Gasteiger partial charge in [0.25, 0.3) is 0 Å². The maximum Gasteiger partial charge on any atom is 0.127 e. The molecule has 0 radical (unpaired) electrons. The van der Waals surface area contributed by atoms with Crippen LogP contribution in [0.1, 0.15) is 17.4 Å². The van der Waals surface area contributed by atoms with Crippen LogP contribution >= 0.6 is 23.1 Å². The monoisotopic (exact) mass is 281 g/mol. The normalized spacial score (nSPS) is 10.6. The van der Waals surface area contributed by atoms with E-state index >= 15 is 0 Å². The number of thiophene rings is 1. The lowest BCUT2D eigenvalue weighted by Crippen LogP contribution is -1.98. The quantitative estimate of drug-likeness (QED) is 0.791. The van der Waals surface area contributed by atoms with Gasteiger partial charge in [0.05, 0.1) is 0 Å². The van der Waals surface area contributed by atoms with Crippen molar-refractivity contribution < 1.29 is 4.39 Å². The van der Waals surface area contributed by atoms with E-state index in [9.17, 15) is 4.39 Å². The van der Waals surface area contributed by atoms with Gasteiger partial charge in [0, 0.05) is 33.8 Å². The summed E-state index contributed by atoms with van der Waals surface area (Å²) in [6.45, 7) is 1.99. The van der Waals surface area contributed by atoms with Gasteiger partial charge in [-0.05, 0) is 30.0 Å². The molecule has 0 unspecified atom stereocenters. The molecule has 96 valence electrons. The molecule has 0 aliphatic rings. The van der Waals surface area contributed by atoms with Crippen molar-refractivity contribution in [2.24, 2.45) is 0 Å². The van der Waals surface area contributed by atoms with Crippen molar-refractivity contribution in [3.8, 4) is 0 Å². The number of benzene rings is 1. The Bertz CT molecular complexity index is 509. The Labute approximate surface area is 115 Å². The number of rotatable bonds is 5. The summed E-state index contributed by atoms with van der Waals surface area (Å²) < 4.78 is 13.8. The Kier molecular flexibility index (Phi) is 4.66. The number of halogens is 1. The Morgan fingerprint density at radius 1 is 1.33 bits per heavy atom. The Balaban J connectivity index is 2.26. The molecule has 0 saturated heterocycles. The van der Waals surface area contributed by atoms with Gasteiger partial charge in [0.1, 0.15) is 5.82 Å². The zero-order chi connectivity index (χ0) is 13.0. The van der Waals surface area contributed by atoms with Crippen molar-refractivity contribution in [3.63, 3.8) is 0 Å². The van der Waals surface area contributed by atoms with Gasteiger partial charge < -0.3 is 5.32 Å².